The molecule has 1 amide bonds. The van der Waals surface area contributed by atoms with Crippen molar-refractivity contribution in [1.29, 1.82) is 0 Å². The predicted molar refractivity (Wildman–Crippen MR) is 109 cm³/mol. The lowest BCUT2D eigenvalue weighted by Gasteiger charge is -2.01. The molecule has 3 aromatic rings. The second-order valence-electron chi connectivity index (χ2n) is 5.69. The van der Waals surface area contributed by atoms with E-state index < -0.39 is 5.97 Å². The van der Waals surface area contributed by atoms with Crippen LogP contribution in [0.25, 0.3) is 11.7 Å². The Hall–Kier alpha value is -2.81. The number of para-hydroxylation sites is 1. The highest BCUT2D eigenvalue weighted by molar-refractivity contribution is 8.18. The molecule has 7 nitrogen and oxygen atoms in total. The number of amides is 1. The lowest BCUT2D eigenvalue weighted by molar-refractivity contribution is -0.115. The molecule has 0 unspecified atom stereocenters. The molecule has 1 aromatic carbocycles. The fourth-order valence-electron chi connectivity index (χ4n) is 2.57. The van der Waals surface area contributed by atoms with Crippen LogP contribution in [0.5, 0.6) is 0 Å². The Bertz CT molecular complexity index is 1180. The Balaban J connectivity index is 1.67. The Morgan fingerprint density at radius 1 is 1.25 bits per heavy atom. The van der Waals surface area contributed by atoms with Gasteiger partial charge in [0.25, 0.3) is 5.91 Å². The number of halogens is 2. The Kier molecular flexibility index (Phi) is 4.84. The van der Waals surface area contributed by atoms with Crippen molar-refractivity contribution >= 4 is 69.4 Å². The van der Waals surface area contributed by atoms with E-state index in [1.165, 1.54) is 10.6 Å². The molecular weight excluding hydrogens is 423 g/mol. The summed E-state index contributed by atoms with van der Waals surface area (Å²) in [4.78, 5) is 32.3. The number of aromatic nitrogens is 2. The molecule has 0 spiro atoms. The van der Waals surface area contributed by atoms with E-state index in [4.69, 9.17) is 23.2 Å². The lowest BCUT2D eigenvalue weighted by atomic mass is 10.2. The summed E-state index contributed by atoms with van der Waals surface area (Å²) < 4.78 is 1.45. The van der Waals surface area contributed by atoms with Crippen molar-refractivity contribution in [3.63, 3.8) is 0 Å². The number of carboxylic acids is 1. The third-order valence-electron chi connectivity index (χ3n) is 3.85. The summed E-state index contributed by atoms with van der Waals surface area (Å²) >= 11 is 13.4. The fraction of sp³-hybridized carbons (Fsp3) is 0. The zero-order valence-corrected chi connectivity index (χ0v) is 16.2. The van der Waals surface area contributed by atoms with Gasteiger partial charge in [-0.3, -0.25) is 9.20 Å². The maximum absolute atomic E-state index is 12.3. The van der Waals surface area contributed by atoms with Gasteiger partial charge in [-0.05, 0) is 47.7 Å². The largest absolute Gasteiger partial charge is 0.477 e. The number of thioether (sulfide) groups is 1. The first-order valence-corrected chi connectivity index (χ1v) is 9.43. The third kappa shape index (κ3) is 3.49. The van der Waals surface area contributed by atoms with Crippen LogP contribution in [-0.4, -0.2) is 31.5 Å². The number of benzene rings is 1. The van der Waals surface area contributed by atoms with Gasteiger partial charge >= 0.3 is 5.97 Å². The quantitative estimate of drug-likeness (QED) is 0.603. The molecule has 3 heterocycles. The zero-order valence-electron chi connectivity index (χ0n) is 13.9. The highest BCUT2D eigenvalue weighted by Crippen LogP contribution is 2.35. The molecule has 0 bridgehead atoms. The molecule has 0 radical (unpaired) electrons. The number of rotatable bonds is 3. The van der Waals surface area contributed by atoms with Crippen LogP contribution in [0.3, 0.4) is 0 Å². The van der Waals surface area contributed by atoms with E-state index in [1.54, 1.807) is 42.6 Å². The molecule has 10 heteroatoms. The first-order chi connectivity index (χ1) is 13.4. The van der Waals surface area contributed by atoms with Gasteiger partial charge in [0.1, 0.15) is 11.3 Å². The lowest BCUT2D eigenvalue weighted by Crippen LogP contribution is -2.19. The third-order valence-corrected chi connectivity index (χ3v) is 5.37. The number of carbonyl (C=O) groups excluding carboxylic acids is 1. The number of nitrogens with one attached hydrogen (secondary N) is 1. The number of amidine groups is 1. The standard InChI is InChI=1S/C18H10Cl2N4O3S/c19-10-2-1-3-11(20)15(10)22-18-23-16(25)13(28-18)6-9-4-5-14-21-7-12(17(26)27)24(14)8-9/h1-8H,(H,26,27)(H,22,23,25)/b13-6-. The first kappa shape index (κ1) is 18.5. The van der Waals surface area contributed by atoms with Crippen LogP contribution in [0.1, 0.15) is 16.1 Å². The number of aliphatic imine (C=N–C) groups is 1. The second-order valence-corrected chi connectivity index (χ2v) is 7.54. The van der Waals surface area contributed by atoms with Crippen LogP contribution >= 0.6 is 35.0 Å². The maximum Gasteiger partial charge on any atom is 0.354 e. The van der Waals surface area contributed by atoms with E-state index in [9.17, 15) is 14.7 Å². The average Bonchev–Trinajstić information content (AvgIpc) is 3.22. The van der Waals surface area contributed by atoms with Gasteiger partial charge in [-0.25, -0.2) is 14.8 Å². The molecule has 0 saturated carbocycles. The number of carbonyl (C=O) groups is 2. The summed E-state index contributed by atoms with van der Waals surface area (Å²) in [5.74, 6) is -1.41. The van der Waals surface area contributed by atoms with Crippen molar-refractivity contribution in [2.45, 2.75) is 0 Å². The highest BCUT2D eigenvalue weighted by Gasteiger charge is 2.24. The van der Waals surface area contributed by atoms with Crippen molar-refractivity contribution in [3.8, 4) is 0 Å². The van der Waals surface area contributed by atoms with E-state index in [0.717, 1.165) is 11.8 Å². The number of carboxylic acid groups (broad SMARTS) is 1. The van der Waals surface area contributed by atoms with E-state index in [-0.39, 0.29) is 11.6 Å². The number of fused-ring (bicyclic) bond motifs is 1. The van der Waals surface area contributed by atoms with Gasteiger partial charge in [0.15, 0.2) is 10.9 Å². The summed E-state index contributed by atoms with van der Waals surface area (Å²) in [6, 6.07) is 8.44. The Morgan fingerprint density at radius 3 is 2.71 bits per heavy atom. The molecule has 2 N–H and O–H groups in total. The van der Waals surface area contributed by atoms with Gasteiger partial charge in [-0.2, -0.15) is 0 Å². The smallest absolute Gasteiger partial charge is 0.354 e. The summed E-state index contributed by atoms with van der Waals surface area (Å²) in [5, 5.41) is 13.0. The molecule has 4 rings (SSSR count). The summed E-state index contributed by atoms with van der Waals surface area (Å²) in [6.45, 7) is 0. The molecular formula is C18H10Cl2N4O3S. The van der Waals surface area contributed by atoms with Gasteiger partial charge in [0, 0.05) is 6.20 Å². The first-order valence-electron chi connectivity index (χ1n) is 7.86. The van der Waals surface area contributed by atoms with Gasteiger partial charge in [-0.15, -0.1) is 0 Å². The van der Waals surface area contributed by atoms with Crippen LogP contribution in [0, 0.1) is 0 Å². The number of aromatic carboxylic acids is 1. The van der Waals surface area contributed by atoms with Crippen molar-refractivity contribution < 1.29 is 14.7 Å². The molecule has 0 aliphatic carbocycles. The topological polar surface area (TPSA) is 96.1 Å². The average molecular weight is 433 g/mol. The monoisotopic (exact) mass is 432 g/mol. The molecule has 1 aliphatic rings. The van der Waals surface area contributed by atoms with Crippen LogP contribution < -0.4 is 5.32 Å². The molecule has 1 saturated heterocycles. The number of hydrogen-bond acceptors (Lipinski definition) is 5. The van der Waals surface area contributed by atoms with E-state index >= 15 is 0 Å². The van der Waals surface area contributed by atoms with Crippen LogP contribution in [-0.2, 0) is 4.79 Å². The number of imidazole rings is 1. The fourth-order valence-corrected chi connectivity index (χ4v) is 3.88. The molecule has 2 aromatic heterocycles. The molecule has 1 fully saturated rings. The van der Waals surface area contributed by atoms with Crippen molar-refractivity contribution in [2.24, 2.45) is 4.99 Å². The van der Waals surface area contributed by atoms with Gasteiger partial charge in [0.2, 0.25) is 0 Å². The zero-order chi connectivity index (χ0) is 19.8. The summed E-state index contributed by atoms with van der Waals surface area (Å²) in [6.07, 6.45) is 4.53. The number of hydrogen-bond donors (Lipinski definition) is 2. The van der Waals surface area contributed by atoms with Crippen molar-refractivity contribution in [3.05, 3.63) is 68.9 Å². The van der Waals surface area contributed by atoms with E-state index in [1.807, 2.05) is 0 Å². The van der Waals surface area contributed by atoms with Gasteiger partial charge in [-0.1, -0.05) is 29.3 Å². The second kappa shape index (κ2) is 7.31. The highest BCUT2D eigenvalue weighted by atomic mass is 35.5. The van der Waals surface area contributed by atoms with E-state index in [0.29, 0.717) is 37.0 Å². The Morgan fingerprint density at radius 2 is 2.00 bits per heavy atom. The van der Waals surface area contributed by atoms with E-state index in [2.05, 4.69) is 15.3 Å². The minimum absolute atomic E-state index is 0.0365. The van der Waals surface area contributed by atoms with Crippen molar-refractivity contribution in [1.82, 2.24) is 14.7 Å². The molecule has 28 heavy (non-hydrogen) atoms. The maximum atomic E-state index is 12.3. The number of pyridine rings is 1. The minimum Gasteiger partial charge on any atom is -0.477 e. The van der Waals surface area contributed by atoms with Crippen molar-refractivity contribution in [2.75, 3.05) is 0 Å². The Labute approximate surface area is 172 Å². The predicted octanol–water partition coefficient (Wildman–Crippen LogP) is 4.23. The van der Waals surface area contributed by atoms with Crippen LogP contribution in [0.4, 0.5) is 5.69 Å². The van der Waals surface area contributed by atoms with Crippen LogP contribution in [0.2, 0.25) is 10.0 Å². The van der Waals surface area contributed by atoms with Gasteiger partial charge in [0.05, 0.1) is 21.1 Å². The SMILES string of the molecule is O=C1NC(=Nc2c(Cl)cccc2Cl)S/C1=C\c1ccc2ncc(C(=O)O)n2c1. The van der Waals surface area contributed by atoms with Gasteiger partial charge < -0.3 is 10.4 Å². The summed E-state index contributed by atoms with van der Waals surface area (Å²) in [7, 11) is 0. The normalized spacial score (nSPS) is 16.9. The summed E-state index contributed by atoms with van der Waals surface area (Å²) in [5.41, 5.74) is 1.55. The number of nitrogens with zero attached hydrogens (tertiary/aromatic N) is 3. The molecule has 1 aliphatic heterocycles. The van der Waals surface area contributed by atoms with Crippen LogP contribution in [0.15, 0.2) is 52.6 Å². The minimum atomic E-state index is -1.09. The molecule has 140 valence electrons. The molecule has 0 atom stereocenters.